The quantitative estimate of drug-likeness (QED) is 0.679. The summed E-state index contributed by atoms with van der Waals surface area (Å²) in [7, 11) is 1.67. The van der Waals surface area contributed by atoms with Crippen molar-refractivity contribution in [3.8, 4) is 0 Å². The number of hydrogen-bond donors (Lipinski definition) is 1. The van der Waals surface area contributed by atoms with E-state index in [2.05, 4.69) is 31.1 Å². The maximum atomic E-state index is 11.5. The molecule has 0 radical (unpaired) electrons. The second-order valence-electron chi connectivity index (χ2n) is 3.55. The van der Waals surface area contributed by atoms with Crippen LogP contribution in [0.3, 0.4) is 0 Å². The lowest BCUT2D eigenvalue weighted by atomic mass is 10.2. The zero-order chi connectivity index (χ0) is 11.3. The summed E-state index contributed by atoms with van der Waals surface area (Å²) in [5.41, 5.74) is 1.86. The van der Waals surface area contributed by atoms with Gasteiger partial charge in [-0.15, -0.1) is 10.2 Å². The van der Waals surface area contributed by atoms with Crippen LogP contribution in [0.4, 0.5) is 0 Å². The minimum absolute atomic E-state index is 0.184. The van der Waals surface area contributed by atoms with Gasteiger partial charge in [0, 0.05) is 16.9 Å². The number of imidazole rings is 1. The number of nitrogens with one attached hydrogen (secondary N) is 1. The monoisotopic (exact) mass is 278 g/mol. The van der Waals surface area contributed by atoms with Crippen molar-refractivity contribution in [2.75, 3.05) is 0 Å². The van der Waals surface area contributed by atoms with Crippen molar-refractivity contribution in [1.82, 2.24) is 19.7 Å². The van der Waals surface area contributed by atoms with E-state index < -0.39 is 0 Å². The van der Waals surface area contributed by atoms with Crippen LogP contribution in [0.5, 0.6) is 0 Å². The zero-order valence-corrected chi connectivity index (χ0v) is 9.95. The van der Waals surface area contributed by atoms with Gasteiger partial charge >= 0.3 is 5.69 Å². The Labute approximate surface area is 98.2 Å². The smallest absolute Gasteiger partial charge is 0.303 e. The van der Waals surface area contributed by atoms with Crippen molar-refractivity contribution in [2.24, 2.45) is 7.05 Å². The Morgan fingerprint density at radius 2 is 2.19 bits per heavy atom. The molecule has 80 valence electrons. The van der Waals surface area contributed by atoms with Crippen LogP contribution in [-0.2, 0) is 7.05 Å². The SMILES string of the molecule is Cn1c(=O)[nH]c2c3cc(Br)ccc3nnc21. The molecule has 16 heavy (non-hydrogen) atoms. The largest absolute Gasteiger partial charge is 0.327 e. The number of rotatable bonds is 0. The molecule has 0 atom stereocenters. The highest BCUT2D eigenvalue weighted by atomic mass is 79.9. The Morgan fingerprint density at radius 3 is 3.00 bits per heavy atom. The molecule has 0 aliphatic rings. The second kappa shape index (κ2) is 3.15. The molecule has 0 aliphatic carbocycles. The van der Waals surface area contributed by atoms with Crippen molar-refractivity contribution >= 4 is 38.0 Å². The summed E-state index contributed by atoms with van der Waals surface area (Å²) in [6, 6.07) is 5.67. The van der Waals surface area contributed by atoms with Gasteiger partial charge in [-0.05, 0) is 18.2 Å². The van der Waals surface area contributed by atoms with E-state index in [0.29, 0.717) is 5.65 Å². The summed E-state index contributed by atoms with van der Waals surface area (Å²) in [5, 5.41) is 8.99. The van der Waals surface area contributed by atoms with Crippen molar-refractivity contribution in [3.05, 3.63) is 33.2 Å². The van der Waals surface area contributed by atoms with Gasteiger partial charge in [-0.3, -0.25) is 4.57 Å². The van der Waals surface area contributed by atoms with Gasteiger partial charge in [0.25, 0.3) is 0 Å². The Hall–Kier alpha value is -1.69. The average molecular weight is 279 g/mol. The van der Waals surface area contributed by atoms with Gasteiger partial charge in [-0.25, -0.2) is 4.79 Å². The van der Waals surface area contributed by atoms with Gasteiger partial charge in [-0.1, -0.05) is 15.9 Å². The number of halogens is 1. The third kappa shape index (κ3) is 1.19. The summed E-state index contributed by atoms with van der Waals surface area (Å²) in [4.78, 5) is 14.3. The van der Waals surface area contributed by atoms with E-state index >= 15 is 0 Å². The molecule has 0 unspecified atom stereocenters. The van der Waals surface area contributed by atoms with E-state index in [1.807, 2.05) is 18.2 Å². The third-order valence-electron chi connectivity index (χ3n) is 2.56. The summed E-state index contributed by atoms with van der Waals surface area (Å²) in [6.45, 7) is 0. The Bertz CT molecular complexity index is 758. The Kier molecular flexibility index (Phi) is 1.88. The second-order valence-corrected chi connectivity index (χ2v) is 4.46. The standard InChI is InChI=1S/C10H7BrN4O/c1-15-9-8(12-10(15)16)6-4-5(11)2-3-7(6)13-14-9/h2-4H,1H3,(H,12,16). The van der Waals surface area contributed by atoms with E-state index in [9.17, 15) is 4.79 Å². The molecule has 0 saturated heterocycles. The van der Waals surface area contributed by atoms with Gasteiger partial charge in [0.15, 0.2) is 5.65 Å². The number of benzene rings is 1. The molecule has 0 amide bonds. The number of H-pyrrole nitrogens is 1. The molecular formula is C10H7BrN4O. The maximum absolute atomic E-state index is 11.5. The summed E-state index contributed by atoms with van der Waals surface area (Å²) < 4.78 is 2.39. The fourth-order valence-corrected chi connectivity index (χ4v) is 2.07. The molecular weight excluding hydrogens is 272 g/mol. The van der Waals surface area contributed by atoms with Crippen LogP contribution in [0.15, 0.2) is 27.5 Å². The van der Waals surface area contributed by atoms with E-state index in [1.54, 1.807) is 7.05 Å². The summed E-state index contributed by atoms with van der Waals surface area (Å²) >= 11 is 3.40. The molecule has 6 heteroatoms. The predicted molar refractivity (Wildman–Crippen MR) is 64.3 cm³/mol. The van der Waals surface area contributed by atoms with Gasteiger partial charge in [0.1, 0.15) is 0 Å². The molecule has 3 aromatic rings. The summed E-state index contributed by atoms with van der Waals surface area (Å²) in [6.07, 6.45) is 0. The van der Waals surface area contributed by atoms with Crippen LogP contribution in [0.25, 0.3) is 22.1 Å². The first-order chi connectivity index (χ1) is 7.66. The van der Waals surface area contributed by atoms with Crippen molar-refractivity contribution in [1.29, 1.82) is 0 Å². The molecule has 2 heterocycles. The number of fused-ring (bicyclic) bond motifs is 3. The zero-order valence-electron chi connectivity index (χ0n) is 8.36. The first-order valence-corrected chi connectivity index (χ1v) is 5.47. The van der Waals surface area contributed by atoms with Crippen molar-refractivity contribution < 1.29 is 0 Å². The molecule has 0 bridgehead atoms. The van der Waals surface area contributed by atoms with Crippen molar-refractivity contribution in [3.63, 3.8) is 0 Å². The number of aromatic nitrogens is 4. The lowest BCUT2D eigenvalue weighted by Gasteiger charge is -1.98. The van der Waals surface area contributed by atoms with Gasteiger partial charge < -0.3 is 4.98 Å². The predicted octanol–water partition coefficient (Wildman–Crippen LogP) is 1.57. The highest BCUT2D eigenvalue weighted by molar-refractivity contribution is 9.10. The molecule has 0 spiro atoms. The van der Waals surface area contributed by atoms with E-state index in [0.717, 1.165) is 20.9 Å². The fraction of sp³-hybridized carbons (Fsp3) is 0.100. The Morgan fingerprint density at radius 1 is 1.38 bits per heavy atom. The normalized spacial score (nSPS) is 11.4. The van der Waals surface area contributed by atoms with Crippen LogP contribution < -0.4 is 5.69 Å². The number of hydrogen-bond acceptors (Lipinski definition) is 3. The van der Waals surface area contributed by atoms with Gasteiger partial charge in [0.2, 0.25) is 0 Å². The molecule has 3 rings (SSSR count). The Balaban J connectivity index is 2.62. The number of nitrogens with zero attached hydrogens (tertiary/aromatic N) is 3. The number of aromatic amines is 1. The van der Waals surface area contributed by atoms with Gasteiger partial charge in [0.05, 0.1) is 11.0 Å². The average Bonchev–Trinajstić information content (AvgIpc) is 2.56. The molecule has 2 aromatic heterocycles. The molecule has 1 N–H and O–H groups in total. The molecule has 0 fully saturated rings. The topological polar surface area (TPSA) is 63.6 Å². The maximum Gasteiger partial charge on any atom is 0.327 e. The van der Waals surface area contributed by atoms with Crippen LogP contribution in [0.1, 0.15) is 0 Å². The molecule has 0 saturated carbocycles. The van der Waals surface area contributed by atoms with Crippen LogP contribution in [0.2, 0.25) is 0 Å². The lowest BCUT2D eigenvalue weighted by molar-refractivity contribution is 0.867. The lowest BCUT2D eigenvalue weighted by Crippen LogP contribution is -2.12. The highest BCUT2D eigenvalue weighted by Crippen LogP contribution is 2.22. The van der Waals surface area contributed by atoms with Crippen LogP contribution >= 0.6 is 15.9 Å². The number of aryl methyl sites for hydroxylation is 1. The third-order valence-corrected chi connectivity index (χ3v) is 3.05. The minimum atomic E-state index is -0.184. The molecule has 5 nitrogen and oxygen atoms in total. The van der Waals surface area contributed by atoms with E-state index in [-0.39, 0.29) is 5.69 Å². The summed E-state index contributed by atoms with van der Waals surface area (Å²) in [5.74, 6) is 0. The van der Waals surface area contributed by atoms with E-state index in [1.165, 1.54) is 4.57 Å². The first-order valence-electron chi connectivity index (χ1n) is 4.67. The molecule has 0 aliphatic heterocycles. The van der Waals surface area contributed by atoms with Crippen molar-refractivity contribution in [2.45, 2.75) is 0 Å². The van der Waals surface area contributed by atoms with Crippen LogP contribution in [-0.4, -0.2) is 19.7 Å². The molecule has 1 aromatic carbocycles. The minimum Gasteiger partial charge on any atom is -0.303 e. The van der Waals surface area contributed by atoms with Crippen LogP contribution in [0, 0.1) is 0 Å². The highest BCUT2D eigenvalue weighted by Gasteiger charge is 2.09. The van der Waals surface area contributed by atoms with E-state index in [4.69, 9.17) is 0 Å². The first kappa shape index (κ1) is 9.53. The fourth-order valence-electron chi connectivity index (χ4n) is 1.71. The van der Waals surface area contributed by atoms with Gasteiger partial charge in [-0.2, -0.15) is 0 Å².